The number of halogens is 2. The van der Waals surface area contributed by atoms with E-state index < -0.39 is 29.7 Å². The van der Waals surface area contributed by atoms with Crippen molar-refractivity contribution in [2.24, 2.45) is 0 Å². The van der Waals surface area contributed by atoms with Gasteiger partial charge in [0.05, 0.1) is 30.2 Å². The maximum atomic E-state index is 15.2. The number of amides is 1. The lowest BCUT2D eigenvalue weighted by atomic mass is 9.79. The van der Waals surface area contributed by atoms with Gasteiger partial charge >= 0.3 is 5.97 Å². The van der Waals surface area contributed by atoms with Gasteiger partial charge in [0, 0.05) is 47.2 Å². The summed E-state index contributed by atoms with van der Waals surface area (Å²) in [6, 6.07) is 20.5. The van der Waals surface area contributed by atoms with Crippen LogP contribution in [0.2, 0.25) is 5.02 Å². The quantitative estimate of drug-likeness (QED) is 0.213. The monoisotopic (exact) mass is 632 g/mol. The van der Waals surface area contributed by atoms with Crippen molar-refractivity contribution >= 4 is 23.5 Å². The summed E-state index contributed by atoms with van der Waals surface area (Å²) in [5.74, 6) is -2.42. The molecule has 0 aromatic heterocycles. The molecule has 1 heterocycles. The van der Waals surface area contributed by atoms with Crippen LogP contribution in [-0.4, -0.2) is 43.3 Å². The largest absolute Gasteiger partial charge is 0.491 e. The smallest absolute Gasteiger partial charge is 0.336 e. The van der Waals surface area contributed by atoms with E-state index >= 15 is 4.39 Å². The second-order valence-corrected chi connectivity index (χ2v) is 10.9. The minimum Gasteiger partial charge on any atom is -0.491 e. The van der Waals surface area contributed by atoms with E-state index in [4.69, 9.17) is 26.3 Å². The first-order chi connectivity index (χ1) is 21.6. The Morgan fingerprint density at radius 3 is 2.44 bits per heavy atom. The van der Waals surface area contributed by atoms with Crippen molar-refractivity contribution in [1.82, 2.24) is 16.0 Å². The Balaban J connectivity index is 1.40. The van der Waals surface area contributed by atoms with Crippen molar-refractivity contribution in [2.75, 3.05) is 20.3 Å². The van der Waals surface area contributed by atoms with E-state index in [0.717, 1.165) is 11.1 Å². The van der Waals surface area contributed by atoms with Crippen molar-refractivity contribution < 1.29 is 28.6 Å². The lowest BCUT2D eigenvalue weighted by Gasteiger charge is -2.31. The molecule has 0 bridgehead atoms. The van der Waals surface area contributed by atoms with E-state index in [1.807, 2.05) is 30.3 Å². The number of rotatable bonds is 12. The average Bonchev–Trinajstić information content (AvgIpc) is 3.02. The van der Waals surface area contributed by atoms with Crippen LogP contribution < -0.4 is 20.7 Å². The summed E-state index contributed by atoms with van der Waals surface area (Å²) in [7, 11) is 1.22. The summed E-state index contributed by atoms with van der Waals surface area (Å²) in [5.41, 5.74) is 3.37. The molecule has 9 nitrogen and oxygen atoms in total. The summed E-state index contributed by atoms with van der Waals surface area (Å²) in [6.45, 7) is 4.29. The molecule has 1 aliphatic rings. The van der Waals surface area contributed by atoms with Gasteiger partial charge < -0.3 is 30.5 Å². The minimum absolute atomic E-state index is 0.0151. The Morgan fingerprint density at radius 1 is 1.04 bits per heavy atom. The molecule has 2 atom stereocenters. The second-order valence-electron chi connectivity index (χ2n) is 10.5. The molecule has 4 N–H and O–H groups in total. The molecule has 0 fully saturated rings. The highest BCUT2D eigenvalue weighted by molar-refractivity contribution is 6.31. The number of nitrogens with one attached hydrogen (secondary N) is 3. The van der Waals surface area contributed by atoms with Crippen LogP contribution >= 0.6 is 11.6 Å². The van der Waals surface area contributed by atoms with Gasteiger partial charge in [-0.3, -0.25) is 4.79 Å². The van der Waals surface area contributed by atoms with E-state index in [2.05, 4.69) is 16.0 Å². The molecule has 11 heteroatoms. The van der Waals surface area contributed by atoms with Crippen molar-refractivity contribution in [2.45, 2.75) is 39.0 Å². The summed E-state index contributed by atoms with van der Waals surface area (Å²) in [6.07, 6.45) is -0.776. The number of nitrogens with zero attached hydrogens (tertiary/aromatic N) is 1. The molecule has 3 aromatic carbocycles. The predicted molar refractivity (Wildman–Crippen MR) is 167 cm³/mol. The predicted octanol–water partition coefficient (Wildman–Crippen LogP) is 4.60. The van der Waals surface area contributed by atoms with E-state index in [1.54, 1.807) is 38.1 Å². The van der Waals surface area contributed by atoms with Crippen molar-refractivity contribution in [3.63, 3.8) is 0 Å². The van der Waals surface area contributed by atoms with Crippen LogP contribution in [-0.2, 0) is 27.4 Å². The number of benzene rings is 3. The summed E-state index contributed by atoms with van der Waals surface area (Å²) >= 11 is 6.42. The van der Waals surface area contributed by atoms with Gasteiger partial charge in [-0.05, 0) is 55.3 Å². The number of esters is 1. The number of hydrogen-bond donors (Lipinski definition) is 4. The first-order valence-electron chi connectivity index (χ1n) is 14.2. The zero-order chi connectivity index (χ0) is 32.5. The third-order valence-electron chi connectivity index (χ3n) is 7.26. The topological polar surface area (TPSA) is 133 Å². The normalized spacial score (nSPS) is 15.2. The summed E-state index contributed by atoms with van der Waals surface area (Å²) < 4.78 is 25.8. The number of nitriles is 1. The van der Waals surface area contributed by atoms with Crippen molar-refractivity contribution in [3.8, 4) is 11.8 Å². The molecule has 1 aliphatic heterocycles. The van der Waals surface area contributed by atoms with Crippen LogP contribution in [0.5, 0.6) is 5.75 Å². The van der Waals surface area contributed by atoms with E-state index in [0.29, 0.717) is 29.3 Å². The SMILES string of the molecule is COC(=O)C1=C(C)NC(C)=C(C(=O)NCc2cccc(CNCC(O)COc3cccc(C#N)c3)c2)C1c1c(F)cccc1Cl. The molecular weight excluding hydrogens is 599 g/mol. The van der Waals surface area contributed by atoms with Crippen molar-refractivity contribution in [1.29, 1.82) is 5.26 Å². The average molecular weight is 633 g/mol. The number of dihydropyridines is 1. The first kappa shape index (κ1) is 33.2. The minimum atomic E-state index is -1.09. The molecular formula is C34H34ClFN4O5. The van der Waals surface area contributed by atoms with E-state index in [9.17, 15) is 14.7 Å². The fourth-order valence-electron chi connectivity index (χ4n) is 5.17. The zero-order valence-corrected chi connectivity index (χ0v) is 25.9. The fraction of sp³-hybridized carbons (Fsp3) is 0.265. The molecule has 4 rings (SSSR count). The maximum Gasteiger partial charge on any atom is 0.336 e. The molecule has 0 aliphatic carbocycles. The molecule has 2 unspecified atom stereocenters. The van der Waals surface area contributed by atoms with Crippen LogP contribution in [0.1, 0.15) is 42.0 Å². The van der Waals surface area contributed by atoms with Gasteiger partial charge in [0.2, 0.25) is 5.91 Å². The Bertz CT molecular complexity index is 1660. The molecule has 0 saturated heterocycles. The van der Waals surface area contributed by atoms with Crippen LogP contribution in [0.4, 0.5) is 4.39 Å². The fourth-order valence-corrected chi connectivity index (χ4v) is 5.44. The van der Waals surface area contributed by atoms with Crippen molar-refractivity contribution in [3.05, 3.63) is 122 Å². The number of aliphatic hydroxyl groups is 1. The number of ether oxygens (including phenoxy) is 2. The highest BCUT2D eigenvalue weighted by Crippen LogP contribution is 2.42. The van der Waals surface area contributed by atoms with Gasteiger partial charge in [-0.1, -0.05) is 48.0 Å². The van der Waals surface area contributed by atoms with Gasteiger partial charge in [-0.15, -0.1) is 0 Å². The molecule has 0 saturated carbocycles. The van der Waals surface area contributed by atoms with Gasteiger partial charge in [0.25, 0.3) is 0 Å². The van der Waals surface area contributed by atoms with Gasteiger partial charge in [-0.25, -0.2) is 9.18 Å². The third-order valence-corrected chi connectivity index (χ3v) is 7.59. The Labute approximate surface area is 266 Å². The molecule has 0 spiro atoms. The highest BCUT2D eigenvalue weighted by Gasteiger charge is 2.39. The molecule has 3 aromatic rings. The molecule has 234 valence electrons. The van der Waals surface area contributed by atoms with E-state index in [1.165, 1.54) is 25.3 Å². The number of carbonyl (C=O) groups is 2. The van der Waals surface area contributed by atoms with Crippen LogP contribution in [0.15, 0.2) is 89.3 Å². The molecule has 1 amide bonds. The standard InChI is InChI=1S/C34H34ClFN4O5/c1-20-29(32(30(21(2)40-20)34(43)44-3)31-27(35)11-6-12-28(31)36)33(42)39-17-24-9-4-8-23(13-24)16-38-18-25(41)19-45-26-10-5-7-22(14-26)15-37/h4-14,25,32,38,40-41H,16-19H2,1-3H3,(H,39,42). The maximum absolute atomic E-state index is 15.2. The molecule has 45 heavy (non-hydrogen) atoms. The first-order valence-corrected chi connectivity index (χ1v) is 14.6. The van der Waals surface area contributed by atoms with Gasteiger partial charge in [0.15, 0.2) is 0 Å². The van der Waals surface area contributed by atoms with Crippen LogP contribution in [0.3, 0.4) is 0 Å². The summed E-state index contributed by atoms with van der Waals surface area (Å²) in [4.78, 5) is 26.5. The lowest BCUT2D eigenvalue weighted by Crippen LogP contribution is -2.36. The second kappa shape index (κ2) is 15.3. The van der Waals surface area contributed by atoms with E-state index in [-0.39, 0.29) is 41.4 Å². The highest BCUT2D eigenvalue weighted by atomic mass is 35.5. The zero-order valence-electron chi connectivity index (χ0n) is 25.1. The number of methoxy groups -OCH3 is 1. The Kier molecular flexibility index (Phi) is 11.3. The van der Waals surface area contributed by atoms with Crippen LogP contribution in [0.25, 0.3) is 0 Å². The lowest BCUT2D eigenvalue weighted by molar-refractivity contribution is -0.136. The van der Waals surface area contributed by atoms with Gasteiger partial charge in [-0.2, -0.15) is 5.26 Å². The van der Waals surface area contributed by atoms with Gasteiger partial charge in [0.1, 0.15) is 24.3 Å². The van der Waals surface area contributed by atoms with Crippen LogP contribution in [0, 0.1) is 17.1 Å². The number of carbonyl (C=O) groups excluding carboxylic acids is 2. The summed E-state index contributed by atoms with van der Waals surface area (Å²) in [5, 5.41) is 28.5. The number of aliphatic hydroxyl groups excluding tert-OH is 1. The number of hydrogen-bond acceptors (Lipinski definition) is 8. The third kappa shape index (κ3) is 8.28. The molecule has 0 radical (unpaired) electrons. The number of allylic oxidation sites excluding steroid dienone is 2. The Morgan fingerprint density at radius 2 is 1.73 bits per heavy atom. The Hall–Kier alpha value is -4.69.